The van der Waals surface area contributed by atoms with Gasteiger partial charge in [-0.2, -0.15) is 0 Å². The van der Waals surface area contributed by atoms with E-state index in [1.807, 2.05) is 78.9 Å². The molecule has 0 aliphatic rings. The zero-order valence-electron chi connectivity index (χ0n) is 29.2. The van der Waals surface area contributed by atoms with E-state index in [1.165, 1.54) is 0 Å². The first kappa shape index (κ1) is 31.4. The van der Waals surface area contributed by atoms with Crippen LogP contribution in [0, 0.1) is 0 Å². The molecule has 5 heteroatoms. The fourth-order valence-electron chi connectivity index (χ4n) is 7.43. The lowest BCUT2D eigenvalue weighted by Crippen LogP contribution is -2.10. The van der Waals surface area contributed by atoms with Crippen molar-refractivity contribution in [2.45, 2.75) is 0 Å². The van der Waals surface area contributed by atoms with E-state index in [1.54, 1.807) is 0 Å². The molecule has 254 valence electrons. The number of anilines is 3. The minimum Gasteiger partial charge on any atom is -0.456 e. The highest BCUT2D eigenvalue weighted by atomic mass is 16.3. The number of hydrogen-bond acceptors (Lipinski definition) is 5. The lowest BCUT2D eigenvalue weighted by molar-refractivity contribution is 0.669. The van der Waals surface area contributed by atoms with Crippen LogP contribution in [0.4, 0.5) is 17.1 Å². The highest BCUT2D eigenvalue weighted by Gasteiger charge is 2.22. The first-order valence-corrected chi connectivity index (χ1v) is 18.0. The van der Waals surface area contributed by atoms with E-state index >= 15 is 0 Å². The number of para-hydroxylation sites is 3. The molecule has 8 aromatic carbocycles. The maximum Gasteiger partial charge on any atom is 0.164 e. The quantitative estimate of drug-likeness (QED) is 0.166. The molecular weight excluding hydrogens is 661 g/mol. The standard InChI is InChI=1S/C49H32N4O/c1-5-17-33(18-6-1)47-50-48(34-19-7-2-8-20-34)52-49(51-47)42-31-35(32-45-46(42)41-27-15-16-28-44(41)54-45)38-29-30-43(40-26-14-13-25-39(38)40)53(36-21-9-3-10-22-36)37-23-11-4-12-24-37/h1-32H. The van der Waals surface area contributed by atoms with Crippen LogP contribution in [0.2, 0.25) is 0 Å². The van der Waals surface area contributed by atoms with Crippen molar-refractivity contribution in [3.63, 3.8) is 0 Å². The van der Waals surface area contributed by atoms with Crippen LogP contribution in [-0.4, -0.2) is 15.0 Å². The van der Waals surface area contributed by atoms with Gasteiger partial charge in [0.05, 0.1) is 5.69 Å². The van der Waals surface area contributed by atoms with Gasteiger partial charge in [-0.3, -0.25) is 0 Å². The smallest absolute Gasteiger partial charge is 0.164 e. The number of rotatable bonds is 7. The summed E-state index contributed by atoms with van der Waals surface area (Å²) in [4.78, 5) is 17.6. The molecule has 0 aliphatic heterocycles. The summed E-state index contributed by atoms with van der Waals surface area (Å²) in [5, 5.41) is 4.24. The molecule has 0 atom stereocenters. The molecule has 0 fully saturated rings. The molecule has 2 heterocycles. The molecule has 2 aromatic heterocycles. The van der Waals surface area contributed by atoms with Gasteiger partial charge in [-0.05, 0) is 65.0 Å². The Balaban J connectivity index is 1.23. The summed E-state index contributed by atoms with van der Waals surface area (Å²) >= 11 is 0. The average molecular weight is 693 g/mol. The van der Waals surface area contributed by atoms with Crippen molar-refractivity contribution in [3.05, 3.63) is 194 Å². The minimum absolute atomic E-state index is 0.585. The highest BCUT2D eigenvalue weighted by Crippen LogP contribution is 2.44. The molecule has 0 radical (unpaired) electrons. The van der Waals surface area contributed by atoms with Crippen LogP contribution in [0.1, 0.15) is 0 Å². The van der Waals surface area contributed by atoms with Crippen molar-refractivity contribution >= 4 is 49.8 Å². The molecule has 0 spiro atoms. The van der Waals surface area contributed by atoms with Crippen molar-refractivity contribution < 1.29 is 4.42 Å². The fraction of sp³-hybridized carbons (Fsp3) is 0. The molecule has 0 saturated heterocycles. The molecule has 10 rings (SSSR count). The van der Waals surface area contributed by atoms with Gasteiger partial charge in [-0.1, -0.05) is 146 Å². The molecule has 0 aliphatic carbocycles. The van der Waals surface area contributed by atoms with Gasteiger partial charge < -0.3 is 9.32 Å². The molecule has 0 N–H and O–H groups in total. The summed E-state index contributed by atoms with van der Waals surface area (Å²) in [5.74, 6) is 1.81. The van der Waals surface area contributed by atoms with E-state index in [4.69, 9.17) is 19.4 Å². The van der Waals surface area contributed by atoms with Crippen molar-refractivity contribution in [3.8, 4) is 45.3 Å². The Labute approximate surface area is 312 Å². The minimum atomic E-state index is 0.585. The van der Waals surface area contributed by atoms with Gasteiger partial charge in [0.2, 0.25) is 0 Å². The van der Waals surface area contributed by atoms with E-state index < -0.39 is 0 Å². The first-order chi connectivity index (χ1) is 26.8. The summed E-state index contributed by atoms with van der Waals surface area (Å²) in [6.45, 7) is 0. The number of furan rings is 1. The van der Waals surface area contributed by atoms with Crippen molar-refractivity contribution in [2.75, 3.05) is 4.90 Å². The van der Waals surface area contributed by atoms with E-state index in [9.17, 15) is 0 Å². The zero-order chi connectivity index (χ0) is 35.8. The summed E-state index contributed by atoms with van der Waals surface area (Å²) in [7, 11) is 0. The molecule has 0 unspecified atom stereocenters. The molecule has 0 bridgehead atoms. The maximum absolute atomic E-state index is 6.62. The van der Waals surface area contributed by atoms with Gasteiger partial charge in [0.1, 0.15) is 11.2 Å². The largest absolute Gasteiger partial charge is 0.456 e. The van der Waals surface area contributed by atoms with Crippen molar-refractivity contribution in [2.24, 2.45) is 0 Å². The number of hydrogen-bond donors (Lipinski definition) is 0. The third-order valence-corrected chi connectivity index (χ3v) is 9.90. The fourth-order valence-corrected chi connectivity index (χ4v) is 7.43. The second kappa shape index (κ2) is 13.3. The van der Waals surface area contributed by atoms with E-state index in [2.05, 4.69) is 120 Å². The Kier molecular flexibility index (Phi) is 7.73. The van der Waals surface area contributed by atoms with Crippen LogP contribution in [0.15, 0.2) is 199 Å². The van der Waals surface area contributed by atoms with Crippen LogP contribution < -0.4 is 4.90 Å². The zero-order valence-corrected chi connectivity index (χ0v) is 29.2. The number of nitrogens with zero attached hydrogens (tertiary/aromatic N) is 4. The molecule has 5 nitrogen and oxygen atoms in total. The summed E-state index contributed by atoms with van der Waals surface area (Å²) < 4.78 is 6.62. The predicted octanol–water partition coefficient (Wildman–Crippen LogP) is 13.1. The topological polar surface area (TPSA) is 55.1 Å². The van der Waals surface area contributed by atoms with Crippen LogP contribution in [-0.2, 0) is 0 Å². The third-order valence-electron chi connectivity index (χ3n) is 9.90. The Morgan fingerprint density at radius 1 is 0.352 bits per heavy atom. The van der Waals surface area contributed by atoms with Crippen molar-refractivity contribution in [1.29, 1.82) is 0 Å². The van der Waals surface area contributed by atoms with Crippen LogP contribution >= 0.6 is 0 Å². The van der Waals surface area contributed by atoms with Gasteiger partial charge >= 0.3 is 0 Å². The normalized spacial score (nSPS) is 11.3. The number of fused-ring (bicyclic) bond motifs is 4. The summed E-state index contributed by atoms with van der Waals surface area (Å²) in [6.07, 6.45) is 0. The Hall–Kier alpha value is -7.37. The molecular formula is C49H32N4O. The maximum atomic E-state index is 6.62. The lowest BCUT2D eigenvalue weighted by Gasteiger charge is -2.27. The predicted molar refractivity (Wildman–Crippen MR) is 221 cm³/mol. The summed E-state index contributed by atoms with van der Waals surface area (Å²) in [6, 6.07) is 66.9. The Bertz CT molecular complexity index is 2830. The second-order valence-corrected chi connectivity index (χ2v) is 13.2. The van der Waals surface area contributed by atoms with Gasteiger partial charge in [-0.15, -0.1) is 0 Å². The van der Waals surface area contributed by atoms with Gasteiger partial charge in [-0.25, -0.2) is 15.0 Å². The Morgan fingerprint density at radius 3 is 1.46 bits per heavy atom. The van der Waals surface area contributed by atoms with E-state index in [-0.39, 0.29) is 0 Å². The third kappa shape index (κ3) is 5.56. The molecule has 0 saturated carbocycles. The van der Waals surface area contributed by atoms with E-state index in [0.29, 0.717) is 17.5 Å². The second-order valence-electron chi connectivity index (χ2n) is 13.2. The molecule has 10 aromatic rings. The average Bonchev–Trinajstić information content (AvgIpc) is 3.63. The Morgan fingerprint density at radius 2 is 0.852 bits per heavy atom. The van der Waals surface area contributed by atoms with Crippen molar-refractivity contribution in [1.82, 2.24) is 15.0 Å². The lowest BCUT2D eigenvalue weighted by atomic mass is 9.93. The number of aromatic nitrogens is 3. The SMILES string of the molecule is c1ccc(-c2nc(-c3ccccc3)nc(-c3cc(-c4ccc(N(c5ccccc5)c5ccccc5)c5ccccc45)cc4oc5ccccc5c34)n2)cc1. The van der Waals surface area contributed by atoms with Gasteiger partial charge in [0.15, 0.2) is 17.5 Å². The van der Waals surface area contributed by atoms with E-state index in [0.717, 1.165) is 77.6 Å². The summed E-state index contributed by atoms with van der Waals surface area (Å²) in [5.41, 5.74) is 9.67. The monoisotopic (exact) mass is 692 g/mol. The highest BCUT2D eigenvalue weighted by molar-refractivity contribution is 6.14. The van der Waals surface area contributed by atoms with Gasteiger partial charge in [0, 0.05) is 44.2 Å². The van der Waals surface area contributed by atoms with Crippen LogP contribution in [0.5, 0.6) is 0 Å². The van der Waals surface area contributed by atoms with Crippen LogP contribution in [0.3, 0.4) is 0 Å². The molecule has 0 amide bonds. The number of benzene rings is 8. The van der Waals surface area contributed by atoms with Crippen LogP contribution in [0.25, 0.3) is 78.0 Å². The molecule has 54 heavy (non-hydrogen) atoms. The van der Waals surface area contributed by atoms with Gasteiger partial charge in [0.25, 0.3) is 0 Å². The first-order valence-electron chi connectivity index (χ1n) is 18.0.